The highest BCUT2D eigenvalue weighted by atomic mass is 16.3. The maximum absolute atomic E-state index is 12.3. The van der Waals surface area contributed by atoms with Crippen LogP contribution in [-0.4, -0.2) is 30.8 Å². The molecule has 1 amide bonds. The van der Waals surface area contributed by atoms with E-state index >= 15 is 0 Å². The first-order valence-electron chi connectivity index (χ1n) is 6.56. The van der Waals surface area contributed by atoms with Gasteiger partial charge in [0.05, 0.1) is 5.69 Å². The van der Waals surface area contributed by atoms with Crippen molar-refractivity contribution in [3.8, 4) is 11.6 Å². The highest BCUT2D eigenvalue weighted by Crippen LogP contribution is 2.24. The van der Waals surface area contributed by atoms with Gasteiger partial charge in [-0.1, -0.05) is 12.1 Å². The molecule has 0 aliphatic rings. The number of benzene rings is 1. The van der Waals surface area contributed by atoms with Crippen molar-refractivity contribution < 1.29 is 9.90 Å². The second kappa shape index (κ2) is 5.65. The number of aromatic hydroxyl groups is 1. The van der Waals surface area contributed by atoms with E-state index in [1.165, 1.54) is 18.7 Å². The Morgan fingerprint density at radius 3 is 2.73 bits per heavy atom. The predicted molar refractivity (Wildman–Crippen MR) is 80.0 cm³/mol. The number of rotatable bonds is 3. The lowest BCUT2D eigenvalue weighted by Gasteiger charge is -2.08. The van der Waals surface area contributed by atoms with Crippen LogP contribution in [0, 0.1) is 6.92 Å². The summed E-state index contributed by atoms with van der Waals surface area (Å²) in [5, 5.41) is 19.8. The average Bonchev–Trinajstić information content (AvgIpc) is 3.05. The molecule has 0 atom stereocenters. The normalized spacial score (nSPS) is 10.4. The van der Waals surface area contributed by atoms with Crippen LogP contribution in [0.2, 0.25) is 0 Å². The molecule has 2 N–H and O–H groups in total. The number of phenolic OH excluding ortho intramolecular Hbond substituents is 1. The van der Waals surface area contributed by atoms with Gasteiger partial charge in [-0.3, -0.25) is 9.36 Å². The Balaban J connectivity index is 1.86. The Morgan fingerprint density at radius 2 is 1.95 bits per heavy atom. The van der Waals surface area contributed by atoms with Crippen LogP contribution >= 0.6 is 0 Å². The van der Waals surface area contributed by atoms with E-state index in [9.17, 15) is 9.90 Å². The number of aryl methyl sites for hydroxylation is 1. The van der Waals surface area contributed by atoms with E-state index in [4.69, 9.17) is 0 Å². The third-order valence-electron chi connectivity index (χ3n) is 3.05. The van der Waals surface area contributed by atoms with E-state index in [0.29, 0.717) is 11.5 Å². The number of hydrogen-bond acceptors (Lipinski definition) is 5. The lowest BCUT2D eigenvalue weighted by atomic mass is 10.2. The number of amides is 1. The second-order valence-corrected chi connectivity index (χ2v) is 4.72. The average molecular weight is 295 g/mol. The minimum atomic E-state index is -0.407. The van der Waals surface area contributed by atoms with E-state index < -0.39 is 5.91 Å². The lowest BCUT2D eigenvalue weighted by molar-refractivity contribution is 0.102. The van der Waals surface area contributed by atoms with Crippen LogP contribution in [0.1, 0.15) is 16.1 Å². The van der Waals surface area contributed by atoms with Gasteiger partial charge in [0.2, 0.25) is 0 Å². The van der Waals surface area contributed by atoms with Crippen LogP contribution < -0.4 is 5.32 Å². The van der Waals surface area contributed by atoms with Gasteiger partial charge in [-0.25, -0.2) is 4.98 Å². The molecule has 22 heavy (non-hydrogen) atoms. The van der Waals surface area contributed by atoms with E-state index in [2.05, 4.69) is 20.5 Å². The zero-order valence-corrected chi connectivity index (χ0v) is 11.8. The van der Waals surface area contributed by atoms with Gasteiger partial charge >= 0.3 is 0 Å². The van der Waals surface area contributed by atoms with Crippen molar-refractivity contribution in [1.29, 1.82) is 0 Å². The SMILES string of the molecule is Cc1ccc(O)c(NC(=O)c2cccc(-n3cnnc3)n2)c1. The third kappa shape index (κ3) is 2.78. The van der Waals surface area contributed by atoms with Crippen LogP contribution in [-0.2, 0) is 0 Å². The summed E-state index contributed by atoms with van der Waals surface area (Å²) in [7, 11) is 0. The number of phenols is 1. The smallest absolute Gasteiger partial charge is 0.274 e. The molecule has 7 heteroatoms. The van der Waals surface area contributed by atoms with Crippen molar-refractivity contribution in [3.05, 3.63) is 60.3 Å². The molecular weight excluding hydrogens is 282 g/mol. The molecule has 3 rings (SSSR count). The molecule has 0 saturated heterocycles. The van der Waals surface area contributed by atoms with Crippen LogP contribution in [0.5, 0.6) is 5.75 Å². The molecule has 7 nitrogen and oxygen atoms in total. The van der Waals surface area contributed by atoms with Gasteiger partial charge in [0.25, 0.3) is 5.91 Å². The summed E-state index contributed by atoms with van der Waals surface area (Å²) in [6, 6.07) is 10.0. The Hall–Kier alpha value is -3.22. The van der Waals surface area contributed by atoms with Crippen molar-refractivity contribution in [3.63, 3.8) is 0 Å². The number of anilines is 1. The van der Waals surface area contributed by atoms with Crippen molar-refractivity contribution >= 4 is 11.6 Å². The van der Waals surface area contributed by atoms with Crippen molar-refractivity contribution in [2.45, 2.75) is 6.92 Å². The first kappa shape index (κ1) is 13.7. The van der Waals surface area contributed by atoms with Crippen LogP contribution in [0.3, 0.4) is 0 Å². The Kier molecular flexibility index (Phi) is 3.53. The number of nitrogens with one attached hydrogen (secondary N) is 1. The number of carbonyl (C=O) groups is 1. The van der Waals surface area contributed by atoms with Gasteiger partial charge in [-0.2, -0.15) is 0 Å². The molecule has 0 bridgehead atoms. The number of hydrogen-bond donors (Lipinski definition) is 2. The fraction of sp³-hybridized carbons (Fsp3) is 0.0667. The van der Waals surface area contributed by atoms with Crippen LogP contribution in [0.25, 0.3) is 5.82 Å². The molecule has 0 aliphatic heterocycles. The minimum Gasteiger partial charge on any atom is -0.506 e. The van der Waals surface area contributed by atoms with E-state index in [-0.39, 0.29) is 11.4 Å². The standard InChI is InChI=1S/C15H13N5O2/c1-10-5-6-13(21)12(7-10)19-15(22)11-3-2-4-14(18-11)20-8-16-17-9-20/h2-9,21H,1H3,(H,19,22). The molecule has 0 unspecified atom stereocenters. The Bertz CT molecular complexity index is 815. The first-order chi connectivity index (χ1) is 10.6. The number of carbonyl (C=O) groups excluding carboxylic acids is 1. The third-order valence-corrected chi connectivity index (χ3v) is 3.05. The second-order valence-electron chi connectivity index (χ2n) is 4.72. The van der Waals surface area contributed by atoms with Gasteiger partial charge in [0.1, 0.15) is 29.9 Å². The summed E-state index contributed by atoms with van der Waals surface area (Å²) in [6.45, 7) is 1.88. The van der Waals surface area contributed by atoms with E-state index in [1.807, 2.05) is 6.92 Å². The van der Waals surface area contributed by atoms with Crippen molar-refractivity contribution in [2.75, 3.05) is 5.32 Å². The molecule has 0 spiro atoms. The molecular formula is C15H13N5O2. The molecule has 110 valence electrons. The van der Waals surface area contributed by atoms with Gasteiger partial charge in [-0.05, 0) is 36.8 Å². The van der Waals surface area contributed by atoms with E-state index in [1.54, 1.807) is 34.9 Å². The fourth-order valence-corrected chi connectivity index (χ4v) is 1.95. The Morgan fingerprint density at radius 1 is 1.18 bits per heavy atom. The first-order valence-corrected chi connectivity index (χ1v) is 6.56. The molecule has 1 aromatic carbocycles. The summed E-state index contributed by atoms with van der Waals surface area (Å²) < 4.78 is 1.60. The topological polar surface area (TPSA) is 92.9 Å². The molecule has 0 fully saturated rings. The quantitative estimate of drug-likeness (QED) is 0.720. The van der Waals surface area contributed by atoms with Gasteiger partial charge < -0.3 is 10.4 Å². The van der Waals surface area contributed by atoms with Gasteiger partial charge in [-0.15, -0.1) is 10.2 Å². The molecule has 3 aromatic rings. The molecule has 0 radical (unpaired) electrons. The summed E-state index contributed by atoms with van der Waals surface area (Å²) in [5.74, 6) is 0.135. The van der Waals surface area contributed by atoms with Crippen LogP contribution in [0.15, 0.2) is 49.1 Å². The lowest BCUT2D eigenvalue weighted by Crippen LogP contribution is -2.14. The zero-order chi connectivity index (χ0) is 15.5. The minimum absolute atomic E-state index is 0.00825. The highest BCUT2D eigenvalue weighted by molar-refractivity contribution is 6.03. The Labute approximate surface area is 126 Å². The highest BCUT2D eigenvalue weighted by Gasteiger charge is 2.11. The number of pyridine rings is 1. The molecule has 2 aromatic heterocycles. The molecule has 0 saturated carbocycles. The fourth-order valence-electron chi connectivity index (χ4n) is 1.95. The predicted octanol–water partition coefficient (Wildman–Crippen LogP) is 1.93. The van der Waals surface area contributed by atoms with E-state index in [0.717, 1.165) is 5.56 Å². The summed E-state index contributed by atoms with van der Waals surface area (Å²) in [4.78, 5) is 16.5. The summed E-state index contributed by atoms with van der Waals surface area (Å²) in [6.07, 6.45) is 2.99. The van der Waals surface area contributed by atoms with Crippen molar-refractivity contribution in [1.82, 2.24) is 19.7 Å². The zero-order valence-electron chi connectivity index (χ0n) is 11.8. The largest absolute Gasteiger partial charge is 0.506 e. The summed E-state index contributed by atoms with van der Waals surface area (Å²) in [5.41, 5.74) is 1.51. The monoisotopic (exact) mass is 295 g/mol. The van der Waals surface area contributed by atoms with Crippen LogP contribution in [0.4, 0.5) is 5.69 Å². The number of nitrogens with zero attached hydrogens (tertiary/aromatic N) is 4. The van der Waals surface area contributed by atoms with Gasteiger partial charge in [0, 0.05) is 0 Å². The van der Waals surface area contributed by atoms with Gasteiger partial charge in [0.15, 0.2) is 0 Å². The summed E-state index contributed by atoms with van der Waals surface area (Å²) >= 11 is 0. The maximum atomic E-state index is 12.3. The van der Waals surface area contributed by atoms with Crippen molar-refractivity contribution in [2.24, 2.45) is 0 Å². The molecule has 0 aliphatic carbocycles. The maximum Gasteiger partial charge on any atom is 0.274 e. The molecule has 2 heterocycles. The number of aromatic nitrogens is 4.